The number of benzene rings is 3. The number of aromatic nitrogens is 3. The van der Waals surface area contributed by atoms with Crippen molar-refractivity contribution in [3.63, 3.8) is 0 Å². The summed E-state index contributed by atoms with van der Waals surface area (Å²) in [6.07, 6.45) is 0. The number of fused-ring (bicyclic) bond motifs is 1. The summed E-state index contributed by atoms with van der Waals surface area (Å²) in [6, 6.07) is 19.3. The zero-order valence-corrected chi connectivity index (χ0v) is 18.2. The highest BCUT2D eigenvalue weighted by Gasteiger charge is 2.49. The van der Waals surface area contributed by atoms with Gasteiger partial charge >= 0.3 is 15.6 Å². The number of nitrogens with zero attached hydrogens (tertiary/aromatic N) is 3. The maximum absolute atomic E-state index is 12.9. The molecule has 0 fully saturated rings. The molecule has 1 heterocycles. The van der Waals surface area contributed by atoms with Crippen molar-refractivity contribution in [3.05, 3.63) is 77.9 Å². The van der Waals surface area contributed by atoms with Crippen molar-refractivity contribution in [2.45, 2.75) is 28.8 Å². The predicted molar refractivity (Wildman–Crippen MR) is 114 cm³/mol. The molecule has 166 valence electrons. The van der Waals surface area contributed by atoms with Crippen LogP contribution in [-0.4, -0.2) is 28.9 Å². The fraction of sp³-hybridized carbons (Fsp3) is 0.143. The molecule has 0 amide bonds. The number of hydrogen-bond acceptors (Lipinski definition) is 6. The Morgan fingerprint density at radius 2 is 1.69 bits per heavy atom. The first-order valence-corrected chi connectivity index (χ1v) is 11.5. The molecule has 0 aliphatic rings. The summed E-state index contributed by atoms with van der Waals surface area (Å²) >= 11 is 1.05. The highest BCUT2D eigenvalue weighted by atomic mass is 32.2. The zero-order valence-electron chi connectivity index (χ0n) is 16.6. The molecule has 0 radical (unpaired) electrons. The lowest BCUT2D eigenvalue weighted by molar-refractivity contribution is -0.0500. The number of hydrogen-bond donors (Lipinski definition) is 0. The molecule has 0 aliphatic carbocycles. The third-order valence-corrected chi connectivity index (χ3v) is 6.58. The van der Waals surface area contributed by atoms with Crippen LogP contribution < -0.4 is 4.18 Å². The van der Waals surface area contributed by atoms with Gasteiger partial charge in [-0.25, -0.2) is 4.68 Å². The molecule has 0 spiro atoms. The average molecular weight is 480 g/mol. The van der Waals surface area contributed by atoms with E-state index in [0.29, 0.717) is 17.0 Å². The van der Waals surface area contributed by atoms with Crippen LogP contribution >= 0.6 is 11.8 Å². The number of alkyl halides is 3. The standard InChI is InChI=1S/C21H16F3N3O3S2/c1-14-7-9-16(10-8-14)31-20-18(30-32(28,29)21(22,23)24)12-11-17-19(20)25-26-27(17)13-15-5-3-2-4-6-15/h2-12H,13H2,1H3. The minimum atomic E-state index is -5.85. The molecule has 4 aromatic rings. The quantitative estimate of drug-likeness (QED) is 0.281. The van der Waals surface area contributed by atoms with E-state index in [1.165, 1.54) is 12.1 Å². The second-order valence-corrected chi connectivity index (χ2v) is 9.51. The monoisotopic (exact) mass is 479 g/mol. The molecule has 6 nitrogen and oxygen atoms in total. The molecule has 0 saturated carbocycles. The minimum Gasteiger partial charge on any atom is -0.375 e. The maximum Gasteiger partial charge on any atom is 0.534 e. The van der Waals surface area contributed by atoms with Crippen LogP contribution in [0.25, 0.3) is 11.0 Å². The fourth-order valence-electron chi connectivity index (χ4n) is 2.92. The number of halogens is 3. The molecule has 4 rings (SSSR count). The van der Waals surface area contributed by atoms with Crippen molar-refractivity contribution in [3.8, 4) is 5.75 Å². The van der Waals surface area contributed by atoms with Gasteiger partial charge in [-0.1, -0.05) is 65.0 Å². The van der Waals surface area contributed by atoms with Crippen molar-refractivity contribution >= 4 is 32.9 Å². The summed E-state index contributed by atoms with van der Waals surface area (Å²) in [5.41, 5.74) is -2.84. The van der Waals surface area contributed by atoms with Gasteiger partial charge in [0.05, 0.1) is 17.0 Å². The summed E-state index contributed by atoms with van der Waals surface area (Å²) in [7, 11) is -5.85. The molecule has 0 aliphatic heterocycles. The van der Waals surface area contributed by atoms with E-state index in [2.05, 4.69) is 14.5 Å². The predicted octanol–water partition coefficient (Wildman–Crippen LogP) is 5.17. The Kier molecular flexibility index (Phi) is 5.87. The summed E-state index contributed by atoms with van der Waals surface area (Å²) in [5, 5.41) is 8.24. The largest absolute Gasteiger partial charge is 0.534 e. The third kappa shape index (κ3) is 4.58. The van der Waals surface area contributed by atoms with Crippen LogP contribution in [0.4, 0.5) is 13.2 Å². The molecular weight excluding hydrogens is 463 g/mol. The van der Waals surface area contributed by atoms with Gasteiger partial charge in [-0.05, 0) is 36.8 Å². The van der Waals surface area contributed by atoms with E-state index in [4.69, 9.17) is 0 Å². The lowest BCUT2D eigenvalue weighted by atomic mass is 10.2. The smallest absolute Gasteiger partial charge is 0.375 e. The molecule has 0 unspecified atom stereocenters. The summed E-state index contributed by atoms with van der Waals surface area (Å²) in [6.45, 7) is 2.28. The van der Waals surface area contributed by atoms with E-state index in [9.17, 15) is 21.6 Å². The maximum atomic E-state index is 12.9. The second-order valence-electron chi connectivity index (χ2n) is 6.89. The summed E-state index contributed by atoms with van der Waals surface area (Å²) < 4.78 is 68.2. The highest BCUT2D eigenvalue weighted by Crippen LogP contribution is 2.41. The number of rotatable bonds is 6. The first kappa shape index (κ1) is 22.2. The van der Waals surface area contributed by atoms with Crippen LogP contribution in [0.5, 0.6) is 5.75 Å². The molecule has 0 N–H and O–H groups in total. The molecule has 32 heavy (non-hydrogen) atoms. The molecular formula is C21H16F3N3O3S2. The van der Waals surface area contributed by atoms with Gasteiger partial charge in [0.1, 0.15) is 5.52 Å². The summed E-state index contributed by atoms with van der Waals surface area (Å²) in [5.74, 6) is -0.466. The Labute approximate surface area is 186 Å². The SMILES string of the molecule is Cc1ccc(Sc2c(OS(=O)(=O)C(F)(F)F)ccc3c2nnn3Cc2ccccc2)cc1. The van der Waals surface area contributed by atoms with Crippen molar-refractivity contribution in [2.24, 2.45) is 0 Å². The van der Waals surface area contributed by atoms with Crippen LogP contribution in [0.3, 0.4) is 0 Å². The Hall–Kier alpha value is -3.05. The normalized spacial score (nSPS) is 12.2. The van der Waals surface area contributed by atoms with Crippen LogP contribution in [-0.2, 0) is 16.7 Å². The first-order valence-electron chi connectivity index (χ1n) is 9.29. The van der Waals surface area contributed by atoms with Gasteiger partial charge in [0.25, 0.3) is 0 Å². The van der Waals surface area contributed by atoms with Gasteiger partial charge in [0.2, 0.25) is 0 Å². The van der Waals surface area contributed by atoms with Gasteiger partial charge in [-0.2, -0.15) is 21.6 Å². The van der Waals surface area contributed by atoms with Crippen molar-refractivity contribution in [1.82, 2.24) is 15.0 Å². The Balaban J connectivity index is 1.81. The van der Waals surface area contributed by atoms with Crippen LogP contribution in [0.15, 0.2) is 76.5 Å². The molecule has 3 aromatic carbocycles. The third-order valence-electron chi connectivity index (χ3n) is 4.50. The summed E-state index contributed by atoms with van der Waals surface area (Å²) in [4.78, 5) is 0.799. The lowest BCUT2D eigenvalue weighted by Crippen LogP contribution is -2.28. The van der Waals surface area contributed by atoms with E-state index < -0.39 is 21.4 Å². The van der Waals surface area contributed by atoms with E-state index in [1.807, 2.05) is 49.4 Å². The molecule has 0 saturated heterocycles. The lowest BCUT2D eigenvalue weighted by Gasteiger charge is -2.13. The zero-order chi connectivity index (χ0) is 22.9. The molecule has 1 aromatic heterocycles. The minimum absolute atomic E-state index is 0.124. The van der Waals surface area contributed by atoms with Gasteiger partial charge < -0.3 is 4.18 Å². The van der Waals surface area contributed by atoms with Crippen LogP contribution in [0, 0.1) is 6.92 Å². The molecule has 0 atom stereocenters. The Morgan fingerprint density at radius 1 is 1.00 bits per heavy atom. The van der Waals surface area contributed by atoms with E-state index in [0.717, 1.165) is 22.9 Å². The van der Waals surface area contributed by atoms with Crippen molar-refractivity contribution in [2.75, 3.05) is 0 Å². The van der Waals surface area contributed by atoms with Crippen LogP contribution in [0.2, 0.25) is 0 Å². The van der Waals surface area contributed by atoms with Crippen molar-refractivity contribution in [1.29, 1.82) is 0 Å². The Morgan fingerprint density at radius 3 is 2.34 bits per heavy atom. The van der Waals surface area contributed by atoms with Gasteiger partial charge in [-0.15, -0.1) is 5.10 Å². The highest BCUT2D eigenvalue weighted by molar-refractivity contribution is 7.99. The van der Waals surface area contributed by atoms with Gasteiger partial charge in [0.15, 0.2) is 5.75 Å². The first-order chi connectivity index (χ1) is 15.1. The fourth-order valence-corrected chi connectivity index (χ4v) is 4.40. The molecule has 11 heteroatoms. The van der Waals surface area contributed by atoms with Gasteiger partial charge in [-0.3, -0.25) is 0 Å². The van der Waals surface area contributed by atoms with Gasteiger partial charge in [0, 0.05) is 4.90 Å². The van der Waals surface area contributed by atoms with Crippen LogP contribution in [0.1, 0.15) is 11.1 Å². The van der Waals surface area contributed by atoms with Crippen molar-refractivity contribution < 1.29 is 25.8 Å². The molecule has 0 bridgehead atoms. The number of aryl methyl sites for hydroxylation is 1. The Bertz CT molecular complexity index is 1350. The topological polar surface area (TPSA) is 74.1 Å². The van der Waals surface area contributed by atoms with E-state index in [1.54, 1.807) is 16.8 Å². The second kappa shape index (κ2) is 8.47. The van der Waals surface area contributed by atoms with E-state index in [-0.39, 0.29) is 10.4 Å². The average Bonchev–Trinajstić information content (AvgIpc) is 3.14. The van der Waals surface area contributed by atoms with E-state index >= 15 is 0 Å².